The summed E-state index contributed by atoms with van der Waals surface area (Å²) in [6, 6.07) is 9.72. The summed E-state index contributed by atoms with van der Waals surface area (Å²) in [7, 11) is 0. The zero-order valence-corrected chi connectivity index (χ0v) is 15.5. The van der Waals surface area contributed by atoms with Crippen molar-refractivity contribution in [3.05, 3.63) is 47.3 Å². The van der Waals surface area contributed by atoms with Crippen molar-refractivity contribution in [3.63, 3.8) is 0 Å². The molecule has 1 N–H and O–H groups in total. The maximum atomic E-state index is 13.0. The number of phenolic OH excluding ortho intramolecular Hbond substituents is 1. The third-order valence-corrected chi connectivity index (χ3v) is 5.02. The molecule has 1 aromatic carbocycles. The first-order chi connectivity index (χ1) is 11.9. The largest absolute Gasteiger partial charge is 0.506 e. The number of rotatable bonds is 3. The van der Waals surface area contributed by atoms with E-state index in [2.05, 4.69) is 30.2 Å². The summed E-state index contributed by atoms with van der Waals surface area (Å²) >= 11 is 0. The molecule has 25 heavy (non-hydrogen) atoms. The van der Waals surface area contributed by atoms with Crippen LogP contribution in [0.15, 0.2) is 30.3 Å². The highest BCUT2D eigenvalue weighted by Crippen LogP contribution is 2.28. The van der Waals surface area contributed by atoms with E-state index in [9.17, 15) is 9.90 Å². The second-order valence-corrected chi connectivity index (χ2v) is 7.02. The Labute approximate surface area is 149 Å². The van der Waals surface area contributed by atoms with Gasteiger partial charge >= 0.3 is 0 Å². The van der Waals surface area contributed by atoms with Crippen LogP contribution in [0.3, 0.4) is 0 Å². The number of phenols is 1. The third kappa shape index (κ3) is 3.23. The minimum absolute atomic E-state index is 0.108. The molecule has 3 rings (SSSR count). The summed E-state index contributed by atoms with van der Waals surface area (Å²) in [4.78, 5) is 17.0. The minimum Gasteiger partial charge on any atom is -0.506 e. The summed E-state index contributed by atoms with van der Waals surface area (Å²) in [6.45, 7) is 11.1. The van der Waals surface area contributed by atoms with Crippen LogP contribution in [0.25, 0.3) is 0 Å². The molecule has 0 saturated carbocycles. The Balaban J connectivity index is 1.72. The van der Waals surface area contributed by atoms with Crippen LogP contribution >= 0.6 is 0 Å². The number of nitrogens with zero attached hydrogens (tertiary/aromatic N) is 3. The smallest absolute Gasteiger partial charge is 0.255 e. The normalized spacial score (nSPS) is 15.1. The Morgan fingerprint density at radius 3 is 2.28 bits per heavy atom. The molecule has 0 radical (unpaired) electrons. The zero-order valence-electron chi connectivity index (χ0n) is 15.5. The summed E-state index contributed by atoms with van der Waals surface area (Å²) < 4.78 is 2.21. The predicted octanol–water partition coefficient (Wildman–Crippen LogP) is 3.35. The number of carbonyl (C=O) groups excluding carboxylic acids is 1. The van der Waals surface area contributed by atoms with E-state index in [-0.39, 0.29) is 5.91 Å². The number of carbonyl (C=O) groups is 1. The fourth-order valence-corrected chi connectivity index (χ4v) is 3.84. The number of hydrogen-bond donors (Lipinski definition) is 1. The Morgan fingerprint density at radius 1 is 1.08 bits per heavy atom. The molecule has 1 fully saturated rings. The SMILES string of the molecule is Cc1cc(C(=O)N2CCN(c3ccccc3O)CC2)c(C)n1C(C)C. The lowest BCUT2D eigenvalue weighted by atomic mass is 10.1. The molecule has 0 aliphatic carbocycles. The number of anilines is 1. The van der Waals surface area contributed by atoms with Gasteiger partial charge in [-0.1, -0.05) is 12.1 Å². The van der Waals surface area contributed by atoms with E-state index >= 15 is 0 Å². The highest BCUT2D eigenvalue weighted by Gasteiger charge is 2.26. The molecule has 5 heteroatoms. The fourth-order valence-electron chi connectivity index (χ4n) is 3.84. The van der Waals surface area contributed by atoms with Gasteiger partial charge in [0.25, 0.3) is 5.91 Å². The molecule has 2 aromatic rings. The number of aryl methyl sites for hydroxylation is 1. The Bertz CT molecular complexity index is 771. The number of amides is 1. The van der Waals surface area contributed by atoms with E-state index in [0.717, 1.165) is 35.7 Å². The van der Waals surface area contributed by atoms with Crippen molar-refractivity contribution in [2.75, 3.05) is 31.1 Å². The number of hydrogen-bond acceptors (Lipinski definition) is 3. The molecule has 0 atom stereocenters. The van der Waals surface area contributed by atoms with E-state index in [1.54, 1.807) is 6.07 Å². The van der Waals surface area contributed by atoms with Crippen LogP contribution < -0.4 is 4.90 Å². The zero-order chi connectivity index (χ0) is 18.1. The van der Waals surface area contributed by atoms with Crippen LogP contribution in [-0.2, 0) is 0 Å². The monoisotopic (exact) mass is 341 g/mol. The molecule has 1 aromatic heterocycles. The number of aromatic hydroxyl groups is 1. The summed E-state index contributed by atoms with van der Waals surface area (Å²) in [5.74, 6) is 0.402. The molecule has 1 aliphatic heterocycles. The van der Waals surface area contributed by atoms with Crippen LogP contribution in [0.1, 0.15) is 41.6 Å². The molecular formula is C20H27N3O2. The number of benzene rings is 1. The van der Waals surface area contributed by atoms with E-state index in [4.69, 9.17) is 0 Å². The highest BCUT2D eigenvalue weighted by atomic mass is 16.3. The van der Waals surface area contributed by atoms with E-state index in [1.807, 2.05) is 36.1 Å². The van der Waals surface area contributed by atoms with Crippen LogP contribution in [0.5, 0.6) is 5.75 Å². The predicted molar refractivity (Wildman–Crippen MR) is 101 cm³/mol. The second kappa shape index (κ2) is 6.82. The average Bonchev–Trinajstić information content (AvgIpc) is 2.89. The number of aromatic nitrogens is 1. The van der Waals surface area contributed by atoms with Gasteiger partial charge in [-0.05, 0) is 45.9 Å². The van der Waals surface area contributed by atoms with Crippen molar-refractivity contribution in [1.29, 1.82) is 0 Å². The van der Waals surface area contributed by atoms with Gasteiger partial charge in [-0.25, -0.2) is 0 Å². The molecule has 0 unspecified atom stereocenters. The van der Waals surface area contributed by atoms with Gasteiger partial charge in [-0.2, -0.15) is 0 Å². The van der Waals surface area contributed by atoms with Crippen LogP contribution in [0, 0.1) is 13.8 Å². The number of piperazine rings is 1. The van der Waals surface area contributed by atoms with Crippen molar-refractivity contribution in [2.24, 2.45) is 0 Å². The van der Waals surface area contributed by atoms with Gasteiger partial charge < -0.3 is 19.5 Å². The van der Waals surface area contributed by atoms with Gasteiger partial charge in [0.15, 0.2) is 0 Å². The van der Waals surface area contributed by atoms with Crippen LogP contribution in [0.4, 0.5) is 5.69 Å². The van der Waals surface area contributed by atoms with Gasteiger partial charge in [0.1, 0.15) is 5.75 Å². The molecule has 1 aliphatic rings. The number of para-hydroxylation sites is 2. The van der Waals surface area contributed by atoms with Crippen molar-refractivity contribution in [3.8, 4) is 5.75 Å². The maximum Gasteiger partial charge on any atom is 0.255 e. The standard InChI is InChI=1S/C20H27N3O2/c1-14(2)23-15(3)13-17(16(23)4)20(25)22-11-9-21(10-12-22)18-7-5-6-8-19(18)24/h5-8,13-14,24H,9-12H2,1-4H3. The van der Waals surface area contributed by atoms with E-state index in [0.29, 0.717) is 24.9 Å². The van der Waals surface area contributed by atoms with Crippen LogP contribution in [0.2, 0.25) is 0 Å². The fraction of sp³-hybridized carbons (Fsp3) is 0.450. The van der Waals surface area contributed by atoms with Crippen molar-refractivity contribution >= 4 is 11.6 Å². The van der Waals surface area contributed by atoms with Crippen molar-refractivity contribution < 1.29 is 9.90 Å². The second-order valence-electron chi connectivity index (χ2n) is 7.02. The van der Waals surface area contributed by atoms with E-state index in [1.165, 1.54) is 0 Å². The first kappa shape index (κ1) is 17.4. The lowest BCUT2D eigenvalue weighted by Gasteiger charge is -2.36. The minimum atomic E-state index is 0.108. The molecular weight excluding hydrogens is 314 g/mol. The topological polar surface area (TPSA) is 48.7 Å². The lowest BCUT2D eigenvalue weighted by Crippen LogP contribution is -2.48. The Morgan fingerprint density at radius 2 is 1.72 bits per heavy atom. The van der Waals surface area contributed by atoms with Gasteiger partial charge in [-0.3, -0.25) is 4.79 Å². The first-order valence-electron chi connectivity index (χ1n) is 8.90. The first-order valence-corrected chi connectivity index (χ1v) is 8.90. The Hall–Kier alpha value is -2.43. The van der Waals surface area contributed by atoms with Crippen LogP contribution in [-0.4, -0.2) is 46.7 Å². The quantitative estimate of drug-likeness (QED) is 0.931. The molecule has 5 nitrogen and oxygen atoms in total. The van der Waals surface area contributed by atoms with Gasteiger partial charge in [0.2, 0.25) is 0 Å². The van der Waals surface area contributed by atoms with Crippen molar-refractivity contribution in [1.82, 2.24) is 9.47 Å². The maximum absolute atomic E-state index is 13.0. The summed E-state index contributed by atoms with van der Waals surface area (Å²) in [6.07, 6.45) is 0. The Kier molecular flexibility index (Phi) is 4.75. The van der Waals surface area contributed by atoms with E-state index < -0.39 is 0 Å². The highest BCUT2D eigenvalue weighted by molar-refractivity contribution is 5.96. The molecule has 2 heterocycles. The average molecular weight is 341 g/mol. The lowest BCUT2D eigenvalue weighted by molar-refractivity contribution is 0.0746. The molecule has 1 amide bonds. The molecule has 134 valence electrons. The van der Waals surface area contributed by atoms with Gasteiger partial charge in [-0.15, -0.1) is 0 Å². The summed E-state index contributed by atoms with van der Waals surface area (Å²) in [5.41, 5.74) is 3.82. The third-order valence-electron chi connectivity index (χ3n) is 5.02. The molecule has 0 bridgehead atoms. The molecule has 0 spiro atoms. The van der Waals surface area contributed by atoms with Crippen molar-refractivity contribution in [2.45, 2.75) is 33.7 Å². The van der Waals surface area contributed by atoms with Gasteiger partial charge in [0, 0.05) is 43.6 Å². The summed E-state index contributed by atoms with van der Waals surface area (Å²) in [5, 5.41) is 10.0. The molecule has 1 saturated heterocycles. The van der Waals surface area contributed by atoms with Gasteiger partial charge in [0.05, 0.1) is 11.3 Å².